The molecule has 0 spiro atoms. The molecule has 1 N–H and O–H groups in total. The highest BCUT2D eigenvalue weighted by atomic mass is 35.5. The number of aliphatic hydroxyl groups is 1. The Morgan fingerprint density at radius 1 is 1.00 bits per heavy atom. The van der Waals surface area contributed by atoms with Gasteiger partial charge in [-0.25, -0.2) is 4.39 Å². The molecular weight excluding hydrogens is 401 g/mol. The lowest BCUT2D eigenvalue weighted by molar-refractivity contribution is -0.0296. The van der Waals surface area contributed by atoms with Crippen LogP contribution in [0, 0.1) is 5.82 Å². The maximum Gasteiger partial charge on any atom is 0.123 e. The van der Waals surface area contributed by atoms with Gasteiger partial charge >= 0.3 is 0 Å². The Hall–Kier alpha value is -1.46. The van der Waals surface area contributed by atoms with Crippen LogP contribution in [0.15, 0.2) is 54.6 Å². The number of nitrogens with zero attached hydrogens (tertiary/aromatic N) is 1. The van der Waals surface area contributed by atoms with Crippen LogP contribution < -0.4 is 0 Å². The lowest BCUT2D eigenvalue weighted by Gasteiger charge is -2.41. The van der Waals surface area contributed by atoms with E-state index in [1.54, 1.807) is 12.1 Å². The van der Waals surface area contributed by atoms with Crippen molar-refractivity contribution in [3.8, 4) is 0 Å². The maximum absolute atomic E-state index is 13.6. The van der Waals surface area contributed by atoms with Crippen molar-refractivity contribution in [1.82, 2.24) is 4.90 Å². The molecule has 0 bridgehead atoms. The molecule has 3 rings (SSSR count). The molecule has 2 unspecified atom stereocenters. The minimum absolute atomic E-state index is 0. The van der Waals surface area contributed by atoms with Gasteiger partial charge in [-0.2, -0.15) is 0 Å². The molecule has 1 fully saturated rings. The van der Waals surface area contributed by atoms with Crippen LogP contribution in [0.5, 0.6) is 0 Å². The average molecular weight is 436 g/mol. The molecule has 1 saturated heterocycles. The van der Waals surface area contributed by atoms with Crippen LogP contribution >= 0.6 is 12.4 Å². The molecule has 2 aromatic carbocycles. The molecule has 0 amide bonds. The second-order valence-corrected chi connectivity index (χ2v) is 8.12. The third-order valence-corrected chi connectivity index (χ3v) is 6.08. The molecule has 5 heteroatoms. The highest BCUT2D eigenvalue weighted by Crippen LogP contribution is 2.42. The fraction of sp³-hybridized carbons (Fsp3) is 0.520. The van der Waals surface area contributed by atoms with Crippen LogP contribution in [0.4, 0.5) is 4.39 Å². The van der Waals surface area contributed by atoms with Gasteiger partial charge in [0.1, 0.15) is 5.82 Å². The number of morpholine rings is 1. The van der Waals surface area contributed by atoms with Gasteiger partial charge in [0.15, 0.2) is 0 Å². The van der Waals surface area contributed by atoms with E-state index in [1.807, 2.05) is 18.2 Å². The molecule has 0 radical (unpaired) electrons. The summed E-state index contributed by atoms with van der Waals surface area (Å²) in [4.78, 5) is 2.38. The van der Waals surface area contributed by atoms with Crippen molar-refractivity contribution < 1.29 is 14.2 Å². The van der Waals surface area contributed by atoms with E-state index in [-0.39, 0.29) is 24.1 Å². The minimum atomic E-state index is -1.04. The Labute approximate surface area is 186 Å². The van der Waals surface area contributed by atoms with E-state index in [1.165, 1.54) is 18.6 Å². The van der Waals surface area contributed by atoms with Crippen molar-refractivity contribution in [3.63, 3.8) is 0 Å². The summed E-state index contributed by atoms with van der Waals surface area (Å²) in [5, 5.41) is 12.1. The molecular formula is C25H35ClFNO2. The number of hydrogen-bond acceptors (Lipinski definition) is 3. The number of unbranched alkanes of at least 4 members (excludes halogenated alkanes) is 3. The molecule has 3 nitrogen and oxygen atoms in total. The number of hydrogen-bond donors (Lipinski definition) is 1. The predicted octanol–water partition coefficient (Wildman–Crippen LogP) is 5.52. The number of halogens is 2. The highest BCUT2D eigenvalue weighted by Gasteiger charge is 2.40. The second-order valence-electron chi connectivity index (χ2n) is 8.12. The summed E-state index contributed by atoms with van der Waals surface area (Å²) in [7, 11) is 0. The van der Waals surface area contributed by atoms with E-state index in [0.717, 1.165) is 63.2 Å². The van der Waals surface area contributed by atoms with Gasteiger partial charge in [0, 0.05) is 25.6 Å². The largest absolute Gasteiger partial charge is 0.384 e. The fourth-order valence-corrected chi connectivity index (χ4v) is 4.34. The predicted molar refractivity (Wildman–Crippen MR) is 123 cm³/mol. The van der Waals surface area contributed by atoms with Crippen LogP contribution in [0.1, 0.15) is 56.1 Å². The quantitative estimate of drug-likeness (QED) is 0.498. The van der Waals surface area contributed by atoms with Gasteiger partial charge in [0.2, 0.25) is 0 Å². The fourth-order valence-electron chi connectivity index (χ4n) is 4.34. The van der Waals surface area contributed by atoms with E-state index < -0.39 is 5.60 Å². The van der Waals surface area contributed by atoms with Gasteiger partial charge in [-0.1, -0.05) is 75.1 Å². The van der Waals surface area contributed by atoms with E-state index in [0.29, 0.717) is 6.42 Å². The zero-order valence-electron chi connectivity index (χ0n) is 17.9. The zero-order valence-corrected chi connectivity index (χ0v) is 18.7. The molecule has 0 aromatic heterocycles. The lowest BCUT2D eigenvalue weighted by atomic mass is 9.74. The normalized spacial score (nSPS) is 17.7. The summed E-state index contributed by atoms with van der Waals surface area (Å²) in [6, 6.07) is 16.7. The van der Waals surface area contributed by atoms with E-state index >= 15 is 0 Å². The van der Waals surface area contributed by atoms with Gasteiger partial charge in [0.25, 0.3) is 0 Å². The first kappa shape index (κ1) is 24.8. The van der Waals surface area contributed by atoms with Gasteiger partial charge in [-0.05, 0) is 29.7 Å². The molecule has 2 aromatic rings. The van der Waals surface area contributed by atoms with E-state index in [4.69, 9.17) is 4.74 Å². The first-order valence-electron chi connectivity index (χ1n) is 11.0. The molecule has 0 saturated carbocycles. The van der Waals surface area contributed by atoms with E-state index in [9.17, 15) is 9.50 Å². The summed E-state index contributed by atoms with van der Waals surface area (Å²) in [5.74, 6) is -0.361. The number of benzene rings is 2. The summed E-state index contributed by atoms with van der Waals surface area (Å²) < 4.78 is 19.1. The SMILES string of the molecule is CCCCCCC(O)(c1ccc(F)cc1)C(CN1CCOCC1)c1ccccc1.Cl. The average Bonchev–Trinajstić information content (AvgIpc) is 2.77. The van der Waals surface area contributed by atoms with Crippen molar-refractivity contribution >= 4 is 12.4 Å². The van der Waals surface area contributed by atoms with Gasteiger partial charge in [-0.15, -0.1) is 12.4 Å². The molecule has 0 aliphatic carbocycles. The van der Waals surface area contributed by atoms with Crippen LogP contribution in [-0.2, 0) is 10.3 Å². The van der Waals surface area contributed by atoms with Crippen molar-refractivity contribution in [2.45, 2.75) is 50.5 Å². The van der Waals surface area contributed by atoms with Crippen LogP contribution in [0.25, 0.3) is 0 Å². The maximum atomic E-state index is 13.6. The van der Waals surface area contributed by atoms with Gasteiger partial charge < -0.3 is 9.84 Å². The standard InChI is InChI=1S/C25H34FNO2.ClH/c1-2-3-4-8-15-25(28,22-11-13-23(26)14-12-22)24(21-9-6-5-7-10-21)20-27-16-18-29-19-17-27;/h5-7,9-14,24,28H,2-4,8,15-20H2,1H3;1H. The monoisotopic (exact) mass is 435 g/mol. The molecule has 166 valence electrons. The molecule has 1 aliphatic heterocycles. The molecule has 1 aliphatic rings. The van der Waals surface area contributed by atoms with Crippen LogP contribution in [0.2, 0.25) is 0 Å². The third-order valence-electron chi connectivity index (χ3n) is 6.08. The van der Waals surface area contributed by atoms with Crippen molar-refractivity contribution in [2.75, 3.05) is 32.8 Å². The van der Waals surface area contributed by atoms with Crippen LogP contribution in [-0.4, -0.2) is 42.9 Å². The minimum Gasteiger partial charge on any atom is -0.384 e. The molecule has 30 heavy (non-hydrogen) atoms. The third kappa shape index (κ3) is 6.52. The smallest absolute Gasteiger partial charge is 0.123 e. The van der Waals surface area contributed by atoms with Crippen molar-refractivity contribution in [2.24, 2.45) is 0 Å². The Kier molecular flexibility index (Phi) is 10.3. The lowest BCUT2D eigenvalue weighted by Crippen LogP contribution is -2.45. The van der Waals surface area contributed by atoms with E-state index in [2.05, 4.69) is 24.0 Å². The Bertz CT molecular complexity index is 722. The highest BCUT2D eigenvalue weighted by molar-refractivity contribution is 5.85. The van der Waals surface area contributed by atoms with Crippen molar-refractivity contribution in [1.29, 1.82) is 0 Å². The molecule has 1 heterocycles. The summed E-state index contributed by atoms with van der Waals surface area (Å²) in [5.41, 5.74) is 0.889. The Morgan fingerprint density at radius 2 is 1.67 bits per heavy atom. The Morgan fingerprint density at radius 3 is 2.30 bits per heavy atom. The first-order chi connectivity index (χ1) is 14.1. The Balaban J connectivity index is 0.00000320. The van der Waals surface area contributed by atoms with Gasteiger partial charge in [0.05, 0.1) is 18.8 Å². The number of rotatable bonds is 10. The zero-order chi connectivity index (χ0) is 20.5. The summed E-state index contributed by atoms with van der Waals surface area (Å²) in [6.45, 7) is 6.16. The number of ether oxygens (including phenoxy) is 1. The molecule has 2 atom stereocenters. The van der Waals surface area contributed by atoms with Crippen LogP contribution in [0.3, 0.4) is 0 Å². The summed E-state index contributed by atoms with van der Waals surface area (Å²) >= 11 is 0. The second kappa shape index (κ2) is 12.4. The topological polar surface area (TPSA) is 32.7 Å². The first-order valence-corrected chi connectivity index (χ1v) is 11.0. The van der Waals surface area contributed by atoms with Gasteiger partial charge in [-0.3, -0.25) is 4.90 Å². The van der Waals surface area contributed by atoms with Crippen molar-refractivity contribution in [3.05, 3.63) is 71.5 Å². The summed E-state index contributed by atoms with van der Waals surface area (Å²) in [6.07, 6.45) is 5.04.